The van der Waals surface area contributed by atoms with E-state index >= 15 is 0 Å². The van der Waals surface area contributed by atoms with Gasteiger partial charge in [-0.2, -0.15) is 5.26 Å². The zero-order valence-corrected chi connectivity index (χ0v) is 11.9. The first-order valence-corrected chi connectivity index (χ1v) is 6.56. The molecule has 6 heteroatoms. The number of rotatable bonds is 7. The lowest BCUT2D eigenvalue weighted by Crippen LogP contribution is -2.28. The molecule has 0 saturated carbocycles. The van der Waals surface area contributed by atoms with Gasteiger partial charge in [-0.1, -0.05) is 13.8 Å². The fourth-order valence-electron chi connectivity index (χ4n) is 2.04. The normalized spacial score (nSPS) is 10.8. The van der Waals surface area contributed by atoms with E-state index in [0.717, 1.165) is 12.1 Å². The van der Waals surface area contributed by atoms with Gasteiger partial charge in [0.05, 0.1) is 11.0 Å². The van der Waals surface area contributed by atoms with Crippen LogP contribution in [0.5, 0.6) is 0 Å². The minimum absolute atomic E-state index is 0.0407. The Kier molecular flexibility index (Phi) is 5.94. The summed E-state index contributed by atoms with van der Waals surface area (Å²) in [5.41, 5.74) is 7.20. The molecule has 0 aliphatic carbocycles. The third-order valence-corrected chi connectivity index (χ3v) is 2.89. The molecule has 0 aromatic heterocycles. The van der Waals surface area contributed by atoms with Crippen molar-refractivity contribution in [1.82, 2.24) is 4.90 Å². The van der Waals surface area contributed by atoms with Gasteiger partial charge in [-0.3, -0.25) is 15.0 Å². The van der Waals surface area contributed by atoms with Crippen molar-refractivity contribution >= 4 is 11.4 Å². The number of non-ortho nitro benzene ring substituents is 1. The molecular weight excluding hydrogens is 256 g/mol. The lowest BCUT2D eigenvalue weighted by Gasteiger charge is -2.23. The van der Waals surface area contributed by atoms with Gasteiger partial charge < -0.3 is 5.73 Å². The van der Waals surface area contributed by atoms with Gasteiger partial charge in [-0.15, -0.1) is 0 Å². The molecule has 0 amide bonds. The Balaban J connectivity index is 2.88. The van der Waals surface area contributed by atoms with Crippen LogP contribution in [-0.2, 0) is 6.54 Å². The molecular formula is C14H20N4O2. The van der Waals surface area contributed by atoms with E-state index in [1.165, 1.54) is 12.1 Å². The van der Waals surface area contributed by atoms with E-state index < -0.39 is 4.92 Å². The van der Waals surface area contributed by atoms with Crippen LogP contribution in [0.3, 0.4) is 0 Å². The topological polar surface area (TPSA) is 96.2 Å². The summed E-state index contributed by atoms with van der Waals surface area (Å²) in [5.74, 6) is 0.452. The molecule has 0 bridgehead atoms. The van der Waals surface area contributed by atoms with Crippen LogP contribution in [0.2, 0.25) is 0 Å². The molecule has 0 atom stereocenters. The lowest BCUT2D eigenvalue weighted by molar-refractivity contribution is -0.384. The number of hydrogen-bond acceptors (Lipinski definition) is 5. The van der Waals surface area contributed by atoms with Crippen molar-refractivity contribution in [3.8, 4) is 6.07 Å². The monoisotopic (exact) mass is 276 g/mol. The Bertz CT molecular complexity index is 508. The van der Waals surface area contributed by atoms with Crippen LogP contribution < -0.4 is 5.73 Å². The molecule has 0 saturated heterocycles. The van der Waals surface area contributed by atoms with Gasteiger partial charge in [-0.05, 0) is 17.5 Å². The number of nitro benzene ring substituents is 1. The number of hydrogen-bond donors (Lipinski definition) is 1. The van der Waals surface area contributed by atoms with Crippen molar-refractivity contribution in [2.24, 2.45) is 5.92 Å². The Hall–Kier alpha value is -2.13. The van der Waals surface area contributed by atoms with Crippen molar-refractivity contribution in [2.45, 2.75) is 26.8 Å². The molecule has 20 heavy (non-hydrogen) atoms. The van der Waals surface area contributed by atoms with E-state index in [-0.39, 0.29) is 5.69 Å². The largest absolute Gasteiger partial charge is 0.398 e. The number of nitro groups is 1. The number of anilines is 1. The number of nitrogens with two attached hydrogens (primary N) is 1. The molecule has 0 aliphatic heterocycles. The smallest absolute Gasteiger partial charge is 0.269 e. The second-order valence-corrected chi connectivity index (χ2v) is 5.18. The summed E-state index contributed by atoms with van der Waals surface area (Å²) in [5, 5.41) is 19.5. The maximum absolute atomic E-state index is 10.8. The molecule has 0 aliphatic rings. The summed E-state index contributed by atoms with van der Waals surface area (Å²) in [6.45, 7) is 6.17. The summed E-state index contributed by atoms with van der Waals surface area (Å²) in [6.07, 6.45) is 0.432. The summed E-state index contributed by atoms with van der Waals surface area (Å²) >= 11 is 0. The highest BCUT2D eigenvalue weighted by Crippen LogP contribution is 2.21. The first-order chi connectivity index (χ1) is 9.43. The second-order valence-electron chi connectivity index (χ2n) is 5.18. The van der Waals surface area contributed by atoms with Crippen LogP contribution in [0, 0.1) is 27.4 Å². The van der Waals surface area contributed by atoms with Crippen LogP contribution in [0.4, 0.5) is 11.4 Å². The first kappa shape index (κ1) is 15.9. The number of nitrogen functional groups attached to an aromatic ring is 1. The SMILES string of the molecule is CC(C)CN(CCC#N)Cc1cc([N+](=O)[O-])ccc1N. The molecule has 1 aromatic rings. The predicted octanol–water partition coefficient (Wildman–Crippen LogP) is 2.55. The third kappa shape index (κ3) is 4.86. The maximum atomic E-state index is 10.8. The predicted molar refractivity (Wildman–Crippen MR) is 77.9 cm³/mol. The van der Waals surface area contributed by atoms with Crippen LogP contribution in [0.1, 0.15) is 25.8 Å². The van der Waals surface area contributed by atoms with E-state index in [2.05, 4.69) is 24.8 Å². The molecule has 0 radical (unpaired) electrons. The molecule has 1 rings (SSSR count). The zero-order chi connectivity index (χ0) is 15.1. The molecule has 0 fully saturated rings. The standard InChI is InChI=1S/C14H20N4O2/c1-11(2)9-17(7-3-6-15)10-12-8-13(18(19)20)4-5-14(12)16/h4-5,8,11H,3,7,9-10,16H2,1-2H3. The summed E-state index contributed by atoms with van der Waals surface area (Å²) in [6, 6.07) is 6.59. The van der Waals surface area contributed by atoms with E-state index in [0.29, 0.717) is 31.1 Å². The number of nitriles is 1. The van der Waals surface area contributed by atoms with Crippen molar-refractivity contribution < 1.29 is 4.92 Å². The van der Waals surface area contributed by atoms with Crippen molar-refractivity contribution in [2.75, 3.05) is 18.8 Å². The van der Waals surface area contributed by atoms with Crippen LogP contribution in [-0.4, -0.2) is 22.9 Å². The van der Waals surface area contributed by atoms with Crippen LogP contribution >= 0.6 is 0 Å². The maximum Gasteiger partial charge on any atom is 0.269 e. The molecule has 0 heterocycles. The van der Waals surface area contributed by atoms with Gasteiger partial charge in [0.1, 0.15) is 0 Å². The fraction of sp³-hybridized carbons (Fsp3) is 0.500. The molecule has 2 N–H and O–H groups in total. The quantitative estimate of drug-likeness (QED) is 0.469. The van der Waals surface area contributed by atoms with Gasteiger partial charge in [0.15, 0.2) is 0 Å². The average Bonchev–Trinajstić information content (AvgIpc) is 2.37. The molecule has 6 nitrogen and oxygen atoms in total. The third-order valence-electron chi connectivity index (χ3n) is 2.89. The minimum Gasteiger partial charge on any atom is -0.398 e. The first-order valence-electron chi connectivity index (χ1n) is 6.56. The van der Waals surface area contributed by atoms with Crippen LogP contribution in [0.25, 0.3) is 0 Å². The van der Waals surface area contributed by atoms with E-state index in [1.54, 1.807) is 6.07 Å². The summed E-state index contributed by atoms with van der Waals surface area (Å²) in [7, 11) is 0. The van der Waals surface area contributed by atoms with Gasteiger partial charge in [0.25, 0.3) is 5.69 Å². The van der Waals surface area contributed by atoms with Crippen molar-refractivity contribution in [3.05, 3.63) is 33.9 Å². The Morgan fingerprint density at radius 3 is 2.75 bits per heavy atom. The summed E-state index contributed by atoms with van der Waals surface area (Å²) in [4.78, 5) is 12.5. The average molecular weight is 276 g/mol. The Morgan fingerprint density at radius 1 is 1.50 bits per heavy atom. The summed E-state index contributed by atoms with van der Waals surface area (Å²) < 4.78 is 0. The van der Waals surface area contributed by atoms with Crippen molar-refractivity contribution in [1.29, 1.82) is 5.26 Å². The fourth-order valence-corrected chi connectivity index (χ4v) is 2.04. The van der Waals surface area contributed by atoms with Gasteiger partial charge >= 0.3 is 0 Å². The van der Waals surface area contributed by atoms with Gasteiger partial charge in [0.2, 0.25) is 0 Å². The molecule has 0 spiro atoms. The molecule has 0 unspecified atom stereocenters. The lowest BCUT2D eigenvalue weighted by atomic mass is 10.1. The number of nitrogens with zero attached hydrogens (tertiary/aromatic N) is 3. The number of benzene rings is 1. The van der Waals surface area contributed by atoms with Gasteiger partial charge in [0, 0.05) is 43.9 Å². The Morgan fingerprint density at radius 2 is 2.20 bits per heavy atom. The van der Waals surface area contributed by atoms with Crippen molar-refractivity contribution in [3.63, 3.8) is 0 Å². The zero-order valence-electron chi connectivity index (χ0n) is 11.9. The second kappa shape index (κ2) is 7.46. The van der Waals surface area contributed by atoms with Gasteiger partial charge in [-0.25, -0.2) is 0 Å². The minimum atomic E-state index is -0.426. The molecule has 1 aromatic carbocycles. The van der Waals surface area contributed by atoms with Crippen LogP contribution in [0.15, 0.2) is 18.2 Å². The Labute approximate surface area is 118 Å². The van der Waals surface area contributed by atoms with E-state index in [1.807, 2.05) is 0 Å². The highest BCUT2D eigenvalue weighted by Gasteiger charge is 2.13. The highest BCUT2D eigenvalue weighted by atomic mass is 16.6. The van der Waals surface area contributed by atoms with E-state index in [9.17, 15) is 10.1 Å². The highest BCUT2D eigenvalue weighted by molar-refractivity contribution is 5.52. The van der Waals surface area contributed by atoms with E-state index in [4.69, 9.17) is 11.0 Å². The molecule has 108 valence electrons.